The van der Waals surface area contributed by atoms with Crippen LogP contribution < -0.4 is 4.72 Å². The molecule has 1 N–H and O–H groups in total. The van der Waals surface area contributed by atoms with Gasteiger partial charge in [0.2, 0.25) is 0 Å². The zero-order valence-corrected chi connectivity index (χ0v) is 18.3. The highest BCUT2D eigenvalue weighted by atomic mass is 32.2. The van der Waals surface area contributed by atoms with Crippen molar-refractivity contribution < 1.29 is 26.7 Å². The van der Waals surface area contributed by atoms with Crippen molar-refractivity contribution in [3.8, 4) is 0 Å². The number of carbonyl (C=O) groups excluding carboxylic acids is 1. The third-order valence-corrected chi connectivity index (χ3v) is 6.88. The van der Waals surface area contributed by atoms with E-state index in [1.165, 1.54) is 37.1 Å². The van der Waals surface area contributed by atoms with Gasteiger partial charge in [0.25, 0.3) is 10.0 Å². The lowest BCUT2D eigenvalue weighted by atomic mass is 10.1. The molecule has 0 fully saturated rings. The normalized spacial score (nSPS) is 11.2. The van der Waals surface area contributed by atoms with Crippen LogP contribution in [0.5, 0.6) is 0 Å². The zero-order chi connectivity index (χ0) is 22.6. The number of hydrogen-bond acceptors (Lipinski definition) is 5. The molecule has 0 spiro atoms. The van der Waals surface area contributed by atoms with Crippen LogP contribution in [0.15, 0.2) is 70.5 Å². The van der Waals surface area contributed by atoms with E-state index >= 15 is 0 Å². The molecule has 0 atom stereocenters. The molecule has 0 saturated heterocycles. The average Bonchev–Trinajstić information content (AvgIpc) is 2.75. The van der Waals surface area contributed by atoms with E-state index in [2.05, 4.69) is 9.46 Å². The van der Waals surface area contributed by atoms with Gasteiger partial charge in [0.15, 0.2) is 11.6 Å². The number of hydrogen-bond donors (Lipinski definition) is 1. The summed E-state index contributed by atoms with van der Waals surface area (Å²) in [5.41, 5.74) is 1.76. The van der Waals surface area contributed by atoms with Crippen LogP contribution in [-0.4, -0.2) is 21.5 Å². The molecule has 162 valence electrons. The lowest BCUT2D eigenvalue weighted by Gasteiger charge is -2.11. The topological polar surface area (TPSA) is 72.5 Å². The summed E-state index contributed by atoms with van der Waals surface area (Å²) >= 11 is 1.40. The summed E-state index contributed by atoms with van der Waals surface area (Å²) in [5, 5.41) is 0. The molecule has 0 heterocycles. The monoisotopic (exact) mass is 463 g/mol. The van der Waals surface area contributed by atoms with Gasteiger partial charge in [-0.15, -0.1) is 11.8 Å². The maximum Gasteiger partial charge on any atom is 0.338 e. The molecule has 3 aromatic carbocycles. The predicted molar refractivity (Wildman–Crippen MR) is 116 cm³/mol. The van der Waals surface area contributed by atoms with Gasteiger partial charge in [0.1, 0.15) is 0 Å². The molecule has 0 saturated carbocycles. The standard InChI is InChI=1S/C22H19F2NO4S2/c1-14-3-9-18(12-19(14)22(26)29-2)31(27,28)25-16-5-7-17(8-6-16)30-13-15-4-10-20(23)21(24)11-15/h3-12,25H,13H2,1-2H3. The maximum atomic E-state index is 13.3. The average molecular weight is 464 g/mol. The van der Waals surface area contributed by atoms with Crippen LogP contribution in [0.1, 0.15) is 21.5 Å². The number of carbonyl (C=O) groups is 1. The molecule has 0 bridgehead atoms. The zero-order valence-electron chi connectivity index (χ0n) is 16.7. The first-order chi connectivity index (χ1) is 14.7. The van der Waals surface area contributed by atoms with Gasteiger partial charge in [-0.3, -0.25) is 4.72 Å². The lowest BCUT2D eigenvalue weighted by Crippen LogP contribution is -2.14. The quantitative estimate of drug-likeness (QED) is 0.387. The first-order valence-electron chi connectivity index (χ1n) is 9.08. The Hall–Kier alpha value is -2.91. The molecule has 0 aromatic heterocycles. The Labute approximate surface area is 183 Å². The minimum Gasteiger partial charge on any atom is -0.465 e. The van der Waals surface area contributed by atoms with Crippen molar-refractivity contribution in [2.45, 2.75) is 22.5 Å². The van der Waals surface area contributed by atoms with Gasteiger partial charge < -0.3 is 4.74 Å². The van der Waals surface area contributed by atoms with E-state index in [0.29, 0.717) is 22.6 Å². The van der Waals surface area contributed by atoms with Crippen LogP contribution in [0.3, 0.4) is 0 Å². The number of aryl methyl sites for hydroxylation is 1. The van der Waals surface area contributed by atoms with Crippen LogP contribution in [0, 0.1) is 18.6 Å². The summed E-state index contributed by atoms with van der Waals surface area (Å²) in [5.74, 6) is -1.97. The summed E-state index contributed by atoms with van der Waals surface area (Å²) < 4.78 is 58.8. The SMILES string of the molecule is COC(=O)c1cc(S(=O)(=O)Nc2ccc(SCc3ccc(F)c(F)c3)cc2)ccc1C. The largest absolute Gasteiger partial charge is 0.465 e. The van der Waals surface area contributed by atoms with Gasteiger partial charge in [0.05, 0.1) is 17.6 Å². The molecule has 0 aliphatic heterocycles. The fourth-order valence-electron chi connectivity index (χ4n) is 2.73. The number of sulfonamides is 1. The second-order valence-corrected chi connectivity index (χ2v) is 9.37. The highest BCUT2D eigenvalue weighted by Gasteiger charge is 2.18. The summed E-state index contributed by atoms with van der Waals surface area (Å²) in [4.78, 5) is 12.6. The molecular weight excluding hydrogens is 444 g/mol. The third-order valence-electron chi connectivity index (χ3n) is 4.42. The number of anilines is 1. The molecule has 3 aromatic rings. The van der Waals surface area contributed by atoms with E-state index in [4.69, 9.17) is 0 Å². The van der Waals surface area contributed by atoms with Gasteiger partial charge >= 0.3 is 5.97 Å². The molecule has 0 amide bonds. The fraction of sp³-hybridized carbons (Fsp3) is 0.136. The first kappa shape index (κ1) is 22.8. The van der Waals surface area contributed by atoms with E-state index in [1.807, 2.05) is 0 Å². The van der Waals surface area contributed by atoms with Crippen molar-refractivity contribution in [3.63, 3.8) is 0 Å². The van der Waals surface area contributed by atoms with E-state index in [9.17, 15) is 22.0 Å². The van der Waals surface area contributed by atoms with Crippen molar-refractivity contribution in [1.82, 2.24) is 0 Å². The number of rotatable bonds is 7. The second-order valence-electron chi connectivity index (χ2n) is 6.64. The van der Waals surface area contributed by atoms with E-state index in [0.717, 1.165) is 17.0 Å². The van der Waals surface area contributed by atoms with Gasteiger partial charge in [0, 0.05) is 16.3 Å². The van der Waals surface area contributed by atoms with Crippen LogP contribution in [-0.2, 0) is 20.5 Å². The molecule has 31 heavy (non-hydrogen) atoms. The Morgan fingerprint density at radius 3 is 2.35 bits per heavy atom. The molecular formula is C22H19F2NO4S2. The Bertz CT molecular complexity index is 1210. The van der Waals surface area contributed by atoms with E-state index in [-0.39, 0.29) is 10.5 Å². The smallest absolute Gasteiger partial charge is 0.338 e. The Morgan fingerprint density at radius 2 is 1.71 bits per heavy atom. The Morgan fingerprint density at radius 1 is 1.00 bits per heavy atom. The summed E-state index contributed by atoms with van der Waals surface area (Å²) in [6, 6.07) is 14.6. The number of esters is 1. The maximum absolute atomic E-state index is 13.3. The van der Waals surface area contributed by atoms with Crippen LogP contribution in [0.4, 0.5) is 14.5 Å². The van der Waals surface area contributed by atoms with Crippen LogP contribution in [0.2, 0.25) is 0 Å². The van der Waals surface area contributed by atoms with Crippen LogP contribution >= 0.6 is 11.8 Å². The fourth-order valence-corrected chi connectivity index (χ4v) is 4.65. The van der Waals surface area contributed by atoms with Gasteiger partial charge in [-0.1, -0.05) is 12.1 Å². The molecule has 3 rings (SSSR count). The number of benzene rings is 3. The van der Waals surface area contributed by atoms with Crippen molar-refractivity contribution in [3.05, 3.63) is 89.0 Å². The number of halogens is 2. The Kier molecular flexibility index (Phi) is 6.97. The van der Waals surface area contributed by atoms with Crippen molar-refractivity contribution >= 4 is 33.4 Å². The van der Waals surface area contributed by atoms with Gasteiger partial charge in [-0.05, 0) is 66.6 Å². The van der Waals surface area contributed by atoms with Gasteiger partial charge in [-0.2, -0.15) is 0 Å². The van der Waals surface area contributed by atoms with Crippen LogP contribution in [0.25, 0.3) is 0 Å². The van der Waals surface area contributed by atoms with E-state index in [1.54, 1.807) is 37.3 Å². The highest BCUT2D eigenvalue weighted by molar-refractivity contribution is 7.98. The third kappa shape index (κ3) is 5.62. The van der Waals surface area contributed by atoms with Crippen molar-refractivity contribution in [2.24, 2.45) is 0 Å². The molecule has 0 unspecified atom stereocenters. The number of ether oxygens (including phenoxy) is 1. The minimum absolute atomic E-state index is 0.0599. The molecule has 0 radical (unpaired) electrons. The van der Waals surface area contributed by atoms with Crippen molar-refractivity contribution in [2.75, 3.05) is 11.8 Å². The molecule has 0 aliphatic rings. The number of nitrogens with one attached hydrogen (secondary N) is 1. The summed E-state index contributed by atoms with van der Waals surface area (Å²) in [6.07, 6.45) is 0. The highest BCUT2D eigenvalue weighted by Crippen LogP contribution is 2.26. The van der Waals surface area contributed by atoms with Gasteiger partial charge in [-0.25, -0.2) is 22.0 Å². The Balaban J connectivity index is 1.70. The minimum atomic E-state index is -3.91. The number of thioether (sulfide) groups is 1. The lowest BCUT2D eigenvalue weighted by molar-refractivity contribution is 0.0599. The number of methoxy groups -OCH3 is 1. The van der Waals surface area contributed by atoms with Crippen molar-refractivity contribution in [1.29, 1.82) is 0 Å². The van der Waals surface area contributed by atoms with E-state index < -0.39 is 27.6 Å². The predicted octanol–water partition coefficient (Wildman–Crippen LogP) is 5.15. The molecule has 9 heteroatoms. The molecule has 5 nitrogen and oxygen atoms in total. The summed E-state index contributed by atoms with van der Waals surface area (Å²) in [7, 11) is -2.68. The summed E-state index contributed by atoms with van der Waals surface area (Å²) in [6.45, 7) is 1.69. The first-order valence-corrected chi connectivity index (χ1v) is 11.5. The molecule has 0 aliphatic carbocycles. The second kappa shape index (κ2) is 9.49.